The van der Waals surface area contributed by atoms with Crippen molar-refractivity contribution in [2.45, 2.75) is 32.9 Å². The Labute approximate surface area is 138 Å². The first-order chi connectivity index (χ1) is 10.5. The number of methoxy groups -OCH3 is 1. The van der Waals surface area contributed by atoms with E-state index < -0.39 is 8.07 Å². The third-order valence-corrected chi connectivity index (χ3v) is 4.52. The zero-order valence-corrected chi connectivity index (χ0v) is 15.4. The van der Waals surface area contributed by atoms with Crippen LogP contribution in [0.15, 0.2) is 35.0 Å². The molecule has 2 aromatic rings. The average molecular weight is 331 g/mol. The van der Waals surface area contributed by atoms with E-state index in [0.717, 1.165) is 16.9 Å². The predicted molar refractivity (Wildman–Crippen MR) is 96.0 cm³/mol. The van der Waals surface area contributed by atoms with Gasteiger partial charge in [0.1, 0.15) is 20.4 Å². The van der Waals surface area contributed by atoms with Crippen LogP contribution in [-0.4, -0.2) is 15.2 Å². The first-order valence-electron chi connectivity index (χ1n) is 7.27. The fourth-order valence-electron chi connectivity index (χ4n) is 1.80. The van der Waals surface area contributed by atoms with Crippen molar-refractivity contribution >= 4 is 19.4 Å². The van der Waals surface area contributed by atoms with Crippen molar-refractivity contribution in [2.24, 2.45) is 0 Å². The highest BCUT2D eigenvalue weighted by Gasteiger charge is 2.09. The molecule has 116 valence electrons. The van der Waals surface area contributed by atoms with E-state index in [2.05, 4.69) is 60.8 Å². The Morgan fingerprint density at radius 2 is 1.64 bits per heavy atom. The van der Waals surface area contributed by atoms with Crippen LogP contribution in [0.4, 0.5) is 0 Å². The van der Waals surface area contributed by atoms with Gasteiger partial charge < -0.3 is 9.47 Å². The van der Waals surface area contributed by atoms with E-state index in [9.17, 15) is 0 Å². The summed E-state index contributed by atoms with van der Waals surface area (Å²) in [7, 11) is 0.344. The largest absolute Gasteiger partial charge is 0.487 e. The van der Waals surface area contributed by atoms with Crippen LogP contribution in [0.5, 0.6) is 5.75 Å². The van der Waals surface area contributed by atoms with E-state index in [1.807, 2.05) is 5.38 Å². The molecule has 0 aliphatic carbocycles. The van der Waals surface area contributed by atoms with E-state index in [4.69, 9.17) is 9.47 Å². The molecule has 4 heteroatoms. The lowest BCUT2D eigenvalue weighted by molar-refractivity contribution is 0.185. The molecular formula is C18H22O2SSi. The molecule has 0 N–H and O–H groups in total. The average Bonchev–Trinajstić information content (AvgIpc) is 2.91. The molecule has 0 amide bonds. The molecule has 0 fully saturated rings. The van der Waals surface area contributed by atoms with Crippen LogP contribution >= 0.6 is 11.3 Å². The van der Waals surface area contributed by atoms with Crippen LogP contribution in [0.25, 0.3) is 0 Å². The highest BCUT2D eigenvalue weighted by atomic mass is 32.1. The van der Waals surface area contributed by atoms with Crippen LogP contribution in [-0.2, 0) is 18.0 Å². The van der Waals surface area contributed by atoms with Gasteiger partial charge in [-0.05, 0) is 11.1 Å². The summed E-state index contributed by atoms with van der Waals surface area (Å²) >= 11 is 1.63. The van der Waals surface area contributed by atoms with Gasteiger partial charge in [-0.2, -0.15) is 0 Å². The first-order valence-corrected chi connectivity index (χ1v) is 11.7. The van der Waals surface area contributed by atoms with Gasteiger partial charge >= 0.3 is 0 Å². The fraction of sp³-hybridized carbons (Fsp3) is 0.333. The predicted octanol–water partition coefficient (Wildman–Crippen LogP) is 4.70. The lowest BCUT2D eigenvalue weighted by Gasteiger charge is -2.07. The standard InChI is InChI=1S/C18H22O2SSi/c1-19-11-15-5-7-16(8-6-15)12-20-18-14-21-13-17(18)9-10-22(2,3)4/h5-8,13-14H,11-12H2,1-4H3. The van der Waals surface area contributed by atoms with E-state index in [1.54, 1.807) is 18.4 Å². The Morgan fingerprint density at radius 3 is 2.23 bits per heavy atom. The van der Waals surface area contributed by atoms with Gasteiger partial charge in [-0.25, -0.2) is 0 Å². The highest BCUT2D eigenvalue weighted by molar-refractivity contribution is 7.08. The third kappa shape index (κ3) is 5.34. The number of benzene rings is 1. The normalized spacial score (nSPS) is 10.9. The second-order valence-electron chi connectivity index (χ2n) is 6.19. The molecule has 0 unspecified atom stereocenters. The minimum absolute atomic E-state index is 0.561. The maximum absolute atomic E-state index is 5.92. The molecule has 0 aliphatic rings. The monoisotopic (exact) mass is 330 g/mol. The van der Waals surface area contributed by atoms with Crippen LogP contribution < -0.4 is 4.74 Å². The van der Waals surface area contributed by atoms with Gasteiger partial charge in [0, 0.05) is 17.9 Å². The fourth-order valence-corrected chi connectivity index (χ4v) is 3.01. The minimum Gasteiger partial charge on any atom is -0.487 e. The summed E-state index contributed by atoms with van der Waals surface area (Å²) < 4.78 is 11.0. The Balaban J connectivity index is 2.00. The molecule has 1 aromatic heterocycles. The molecule has 0 bridgehead atoms. The summed E-state index contributed by atoms with van der Waals surface area (Å²) in [5, 5.41) is 4.08. The second kappa shape index (κ2) is 7.64. The maximum Gasteiger partial charge on any atom is 0.146 e. The first kappa shape index (κ1) is 16.8. The summed E-state index contributed by atoms with van der Waals surface area (Å²) in [6.07, 6.45) is 0. The molecule has 2 rings (SSSR count). The van der Waals surface area contributed by atoms with Crippen molar-refractivity contribution in [2.75, 3.05) is 7.11 Å². The number of hydrogen-bond acceptors (Lipinski definition) is 3. The van der Waals surface area contributed by atoms with Crippen LogP contribution in [0.2, 0.25) is 19.6 Å². The molecule has 1 heterocycles. The summed E-state index contributed by atoms with van der Waals surface area (Å²) in [5.41, 5.74) is 6.71. The number of thiophene rings is 1. The SMILES string of the molecule is COCc1ccc(COc2cscc2C#C[Si](C)(C)C)cc1. The Morgan fingerprint density at radius 1 is 1.00 bits per heavy atom. The number of hydrogen-bond donors (Lipinski definition) is 0. The molecule has 0 spiro atoms. The molecule has 0 radical (unpaired) electrons. The maximum atomic E-state index is 5.92. The second-order valence-corrected chi connectivity index (χ2v) is 11.7. The molecular weight excluding hydrogens is 308 g/mol. The Kier molecular flexibility index (Phi) is 5.84. The van der Waals surface area contributed by atoms with Gasteiger partial charge in [0.15, 0.2) is 0 Å². The van der Waals surface area contributed by atoms with E-state index in [0.29, 0.717) is 13.2 Å². The van der Waals surface area contributed by atoms with Crippen molar-refractivity contribution in [1.29, 1.82) is 0 Å². The summed E-state index contributed by atoms with van der Waals surface area (Å²) in [6, 6.07) is 8.30. The van der Waals surface area contributed by atoms with Crippen molar-refractivity contribution < 1.29 is 9.47 Å². The molecule has 0 aliphatic heterocycles. The van der Waals surface area contributed by atoms with E-state index in [-0.39, 0.29) is 0 Å². The smallest absolute Gasteiger partial charge is 0.146 e. The molecule has 22 heavy (non-hydrogen) atoms. The number of rotatable bonds is 5. The molecule has 0 atom stereocenters. The van der Waals surface area contributed by atoms with Crippen molar-refractivity contribution in [3.8, 4) is 17.2 Å². The lowest BCUT2D eigenvalue weighted by Crippen LogP contribution is -2.16. The van der Waals surface area contributed by atoms with Gasteiger partial charge in [-0.15, -0.1) is 16.9 Å². The van der Waals surface area contributed by atoms with Gasteiger partial charge in [0.05, 0.1) is 12.2 Å². The van der Waals surface area contributed by atoms with Gasteiger partial charge in [0.25, 0.3) is 0 Å². The number of ether oxygens (including phenoxy) is 2. The van der Waals surface area contributed by atoms with Gasteiger partial charge in [-0.3, -0.25) is 0 Å². The van der Waals surface area contributed by atoms with Crippen LogP contribution in [0.1, 0.15) is 16.7 Å². The zero-order chi connectivity index (χ0) is 16.0. The topological polar surface area (TPSA) is 18.5 Å². The van der Waals surface area contributed by atoms with E-state index in [1.165, 1.54) is 5.56 Å². The Hall–Kier alpha value is -1.54. The summed E-state index contributed by atoms with van der Waals surface area (Å²) in [4.78, 5) is 0. The molecule has 2 nitrogen and oxygen atoms in total. The molecule has 0 saturated heterocycles. The molecule has 0 saturated carbocycles. The third-order valence-electron chi connectivity index (χ3n) is 2.93. The van der Waals surface area contributed by atoms with E-state index >= 15 is 0 Å². The minimum atomic E-state index is -1.36. The highest BCUT2D eigenvalue weighted by Crippen LogP contribution is 2.24. The van der Waals surface area contributed by atoms with Gasteiger partial charge in [0.2, 0.25) is 0 Å². The van der Waals surface area contributed by atoms with Crippen LogP contribution in [0.3, 0.4) is 0 Å². The summed E-state index contributed by atoms with van der Waals surface area (Å²) in [6.45, 7) is 7.94. The Bertz CT molecular complexity index is 657. The lowest BCUT2D eigenvalue weighted by atomic mass is 10.1. The quantitative estimate of drug-likeness (QED) is 0.584. The zero-order valence-electron chi connectivity index (χ0n) is 13.6. The van der Waals surface area contributed by atoms with Crippen molar-refractivity contribution in [1.82, 2.24) is 0 Å². The van der Waals surface area contributed by atoms with Crippen molar-refractivity contribution in [3.05, 3.63) is 51.7 Å². The van der Waals surface area contributed by atoms with Gasteiger partial charge in [-0.1, -0.05) is 49.8 Å². The summed E-state index contributed by atoms with van der Waals surface area (Å²) in [5.74, 6) is 4.16. The van der Waals surface area contributed by atoms with Crippen LogP contribution in [0, 0.1) is 11.5 Å². The molecule has 1 aromatic carbocycles. The van der Waals surface area contributed by atoms with Crippen molar-refractivity contribution in [3.63, 3.8) is 0 Å².